The summed E-state index contributed by atoms with van der Waals surface area (Å²) in [6.07, 6.45) is 2.23. The summed E-state index contributed by atoms with van der Waals surface area (Å²) >= 11 is 3.64. The van der Waals surface area contributed by atoms with Gasteiger partial charge in [0, 0.05) is 0 Å². The van der Waals surface area contributed by atoms with Crippen molar-refractivity contribution in [3.05, 3.63) is 40.9 Å². The fraction of sp³-hybridized carbons (Fsp3) is 0.375. The standard InChI is InChI=1S/C16H20BrNO/c1-2-18-11-5-6-12-19-15-10-9-13-7-3-4-8-14(13)16(15)17/h3-4,7-10,18H,2,5-6,11-12H2,1H3. The van der Waals surface area contributed by atoms with Crippen molar-refractivity contribution in [2.75, 3.05) is 19.7 Å². The molecule has 0 aliphatic carbocycles. The van der Waals surface area contributed by atoms with Crippen molar-refractivity contribution >= 4 is 26.7 Å². The fourth-order valence-electron chi connectivity index (χ4n) is 2.04. The summed E-state index contributed by atoms with van der Waals surface area (Å²) in [5, 5.41) is 5.75. The third-order valence-electron chi connectivity index (χ3n) is 3.08. The van der Waals surface area contributed by atoms with Crippen molar-refractivity contribution in [3.63, 3.8) is 0 Å². The normalized spacial score (nSPS) is 10.8. The van der Waals surface area contributed by atoms with Gasteiger partial charge in [-0.05, 0) is 58.7 Å². The number of nitrogens with one attached hydrogen (secondary N) is 1. The Hall–Kier alpha value is -1.06. The first-order valence-electron chi connectivity index (χ1n) is 6.83. The number of fused-ring (bicyclic) bond motifs is 1. The van der Waals surface area contributed by atoms with Crippen LogP contribution in [-0.4, -0.2) is 19.7 Å². The third kappa shape index (κ3) is 3.95. The molecule has 2 aromatic carbocycles. The van der Waals surface area contributed by atoms with Crippen molar-refractivity contribution in [2.24, 2.45) is 0 Å². The second-order valence-electron chi connectivity index (χ2n) is 4.51. The van der Waals surface area contributed by atoms with Gasteiger partial charge in [0.15, 0.2) is 0 Å². The largest absolute Gasteiger partial charge is 0.492 e. The Balaban J connectivity index is 1.92. The quantitative estimate of drug-likeness (QED) is 0.764. The van der Waals surface area contributed by atoms with Crippen LogP contribution in [0.15, 0.2) is 40.9 Å². The van der Waals surface area contributed by atoms with Crippen LogP contribution < -0.4 is 10.1 Å². The van der Waals surface area contributed by atoms with Gasteiger partial charge in [0.25, 0.3) is 0 Å². The van der Waals surface area contributed by atoms with Gasteiger partial charge >= 0.3 is 0 Å². The van der Waals surface area contributed by atoms with E-state index < -0.39 is 0 Å². The number of hydrogen-bond acceptors (Lipinski definition) is 2. The van der Waals surface area contributed by atoms with Gasteiger partial charge in [-0.3, -0.25) is 0 Å². The number of halogens is 1. The molecule has 2 nitrogen and oxygen atoms in total. The van der Waals surface area contributed by atoms with E-state index in [0.29, 0.717) is 0 Å². The van der Waals surface area contributed by atoms with Crippen LogP contribution in [0.2, 0.25) is 0 Å². The molecule has 19 heavy (non-hydrogen) atoms. The number of ether oxygens (including phenoxy) is 1. The van der Waals surface area contributed by atoms with E-state index in [2.05, 4.69) is 52.4 Å². The average molecular weight is 322 g/mol. The lowest BCUT2D eigenvalue weighted by atomic mass is 10.1. The minimum Gasteiger partial charge on any atom is -0.492 e. The molecule has 0 saturated heterocycles. The topological polar surface area (TPSA) is 21.3 Å². The molecule has 0 heterocycles. The van der Waals surface area contributed by atoms with E-state index in [1.165, 1.54) is 10.8 Å². The molecule has 0 spiro atoms. The summed E-state index contributed by atoms with van der Waals surface area (Å²) in [6.45, 7) is 5.00. The summed E-state index contributed by atoms with van der Waals surface area (Å²) in [4.78, 5) is 0. The molecular weight excluding hydrogens is 302 g/mol. The molecule has 0 saturated carbocycles. The van der Waals surface area contributed by atoms with Gasteiger partial charge in [-0.15, -0.1) is 0 Å². The monoisotopic (exact) mass is 321 g/mol. The zero-order valence-electron chi connectivity index (χ0n) is 11.3. The Labute approximate surface area is 123 Å². The van der Waals surface area contributed by atoms with Crippen LogP contribution in [0.1, 0.15) is 19.8 Å². The Kier molecular flexibility index (Phi) is 5.67. The van der Waals surface area contributed by atoms with E-state index >= 15 is 0 Å². The summed E-state index contributed by atoms with van der Waals surface area (Å²) in [7, 11) is 0. The smallest absolute Gasteiger partial charge is 0.134 e. The highest BCUT2D eigenvalue weighted by Gasteiger charge is 2.05. The van der Waals surface area contributed by atoms with E-state index in [1.807, 2.05) is 12.1 Å². The highest BCUT2D eigenvalue weighted by Crippen LogP contribution is 2.33. The second-order valence-corrected chi connectivity index (χ2v) is 5.30. The second kappa shape index (κ2) is 7.51. The van der Waals surface area contributed by atoms with Crippen LogP contribution >= 0.6 is 15.9 Å². The molecule has 0 radical (unpaired) electrons. The van der Waals surface area contributed by atoms with Crippen molar-refractivity contribution < 1.29 is 4.74 Å². The van der Waals surface area contributed by atoms with Crippen LogP contribution in [-0.2, 0) is 0 Å². The molecule has 0 unspecified atom stereocenters. The number of rotatable bonds is 7. The molecule has 0 amide bonds. The van der Waals surface area contributed by atoms with Crippen molar-refractivity contribution in [1.29, 1.82) is 0 Å². The number of unbranched alkanes of at least 4 members (excludes halogenated alkanes) is 1. The summed E-state index contributed by atoms with van der Waals surface area (Å²) in [5.41, 5.74) is 0. The highest BCUT2D eigenvalue weighted by molar-refractivity contribution is 9.10. The van der Waals surface area contributed by atoms with Crippen LogP contribution in [0.3, 0.4) is 0 Å². The summed E-state index contributed by atoms with van der Waals surface area (Å²) in [6, 6.07) is 12.5. The maximum atomic E-state index is 5.85. The van der Waals surface area contributed by atoms with Crippen LogP contribution in [0.5, 0.6) is 5.75 Å². The Bertz CT molecular complexity index is 527. The molecule has 3 heteroatoms. The molecule has 2 aromatic rings. The van der Waals surface area contributed by atoms with Crippen LogP contribution in [0, 0.1) is 0 Å². The first-order valence-corrected chi connectivity index (χ1v) is 7.63. The molecule has 2 rings (SSSR count). The Morgan fingerprint density at radius 2 is 1.95 bits per heavy atom. The molecule has 0 aliphatic heterocycles. The number of hydrogen-bond donors (Lipinski definition) is 1. The van der Waals surface area contributed by atoms with Gasteiger partial charge in [0.2, 0.25) is 0 Å². The molecule has 0 aromatic heterocycles. The van der Waals surface area contributed by atoms with Gasteiger partial charge < -0.3 is 10.1 Å². The maximum absolute atomic E-state index is 5.85. The molecular formula is C16H20BrNO. The van der Waals surface area contributed by atoms with E-state index in [1.54, 1.807) is 0 Å². The van der Waals surface area contributed by atoms with Gasteiger partial charge in [-0.1, -0.05) is 37.3 Å². The van der Waals surface area contributed by atoms with Crippen molar-refractivity contribution in [3.8, 4) is 5.75 Å². The lowest BCUT2D eigenvalue weighted by molar-refractivity contribution is 0.304. The highest BCUT2D eigenvalue weighted by atomic mass is 79.9. The number of benzene rings is 2. The lowest BCUT2D eigenvalue weighted by Crippen LogP contribution is -2.14. The van der Waals surface area contributed by atoms with Crippen LogP contribution in [0.25, 0.3) is 10.8 Å². The lowest BCUT2D eigenvalue weighted by Gasteiger charge is -2.10. The molecule has 0 atom stereocenters. The molecule has 1 N–H and O–H groups in total. The zero-order chi connectivity index (χ0) is 13.5. The predicted molar refractivity (Wildman–Crippen MR) is 84.9 cm³/mol. The van der Waals surface area contributed by atoms with Gasteiger partial charge in [0.1, 0.15) is 5.75 Å². The third-order valence-corrected chi connectivity index (χ3v) is 3.90. The summed E-state index contributed by atoms with van der Waals surface area (Å²) < 4.78 is 6.90. The van der Waals surface area contributed by atoms with Gasteiger partial charge in [0.05, 0.1) is 11.1 Å². The van der Waals surface area contributed by atoms with Crippen molar-refractivity contribution in [2.45, 2.75) is 19.8 Å². The molecule has 0 bridgehead atoms. The van der Waals surface area contributed by atoms with E-state index in [9.17, 15) is 0 Å². The zero-order valence-corrected chi connectivity index (χ0v) is 12.9. The molecule has 0 fully saturated rings. The van der Waals surface area contributed by atoms with Crippen molar-refractivity contribution in [1.82, 2.24) is 5.32 Å². The van der Waals surface area contributed by atoms with E-state index in [-0.39, 0.29) is 0 Å². The first-order chi connectivity index (χ1) is 9.33. The Morgan fingerprint density at radius 1 is 1.11 bits per heavy atom. The molecule has 0 aliphatic rings. The molecule has 102 valence electrons. The first kappa shape index (κ1) is 14.4. The van der Waals surface area contributed by atoms with E-state index in [4.69, 9.17) is 4.74 Å². The summed E-state index contributed by atoms with van der Waals surface area (Å²) in [5.74, 6) is 0.933. The maximum Gasteiger partial charge on any atom is 0.134 e. The average Bonchev–Trinajstić information content (AvgIpc) is 2.45. The van der Waals surface area contributed by atoms with Crippen LogP contribution in [0.4, 0.5) is 0 Å². The SMILES string of the molecule is CCNCCCCOc1ccc2ccccc2c1Br. The minimum absolute atomic E-state index is 0.766. The van der Waals surface area contributed by atoms with Gasteiger partial charge in [-0.2, -0.15) is 0 Å². The van der Waals surface area contributed by atoms with Gasteiger partial charge in [-0.25, -0.2) is 0 Å². The predicted octanol–water partition coefficient (Wildman–Crippen LogP) is 4.37. The van der Waals surface area contributed by atoms with E-state index in [0.717, 1.165) is 42.8 Å². The Morgan fingerprint density at radius 3 is 2.79 bits per heavy atom. The fourth-order valence-corrected chi connectivity index (χ4v) is 2.64. The minimum atomic E-state index is 0.766.